The van der Waals surface area contributed by atoms with Gasteiger partial charge in [0.25, 0.3) is 0 Å². The highest BCUT2D eigenvalue weighted by atomic mass is 15.2. The van der Waals surface area contributed by atoms with Crippen LogP contribution in [0.15, 0.2) is 127 Å². The second kappa shape index (κ2) is 9.63. The number of benzene rings is 5. The molecule has 5 aromatic carbocycles. The number of nitrogens with zero attached hydrogens (tertiary/aromatic N) is 1. The second-order valence-corrected chi connectivity index (χ2v) is 10.2. The summed E-state index contributed by atoms with van der Waals surface area (Å²) in [4.78, 5) is 2.46. The van der Waals surface area contributed by atoms with Crippen molar-refractivity contribution in [2.45, 2.75) is 26.8 Å². The summed E-state index contributed by atoms with van der Waals surface area (Å²) >= 11 is 0. The van der Waals surface area contributed by atoms with Crippen LogP contribution in [0.25, 0.3) is 21.5 Å². The summed E-state index contributed by atoms with van der Waals surface area (Å²) in [7, 11) is 0. The van der Waals surface area contributed by atoms with Crippen LogP contribution < -0.4 is 10.2 Å². The lowest BCUT2D eigenvalue weighted by atomic mass is 9.92. The van der Waals surface area contributed by atoms with Crippen LogP contribution in [0.5, 0.6) is 0 Å². The lowest BCUT2D eigenvalue weighted by molar-refractivity contribution is 0.605. The van der Waals surface area contributed by atoms with Crippen molar-refractivity contribution in [2.75, 3.05) is 10.2 Å². The van der Waals surface area contributed by atoms with Crippen molar-refractivity contribution in [3.8, 4) is 0 Å². The van der Waals surface area contributed by atoms with Gasteiger partial charge in [0.05, 0.1) is 11.7 Å². The molecule has 0 saturated carbocycles. The van der Waals surface area contributed by atoms with Crippen molar-refractivity contribution in [3.05, 3.63) is 138 Å². The fourth-order valence-corrected chi connectivity index (χ4v) is 5.42. The van der Waals surface area contributed by atoms with Gasteiger partial charge in [-0.1, -0.05) is 103 Å². The molecule has 2 unspecified atom stereocenters. The largest absolute Gasteiger partial charge is 0.355 e. The molecule has 0 fully saturated rings. The molecule has 1 N–H and O–H groups in total. The normalized spacial score (nSPS) is 17.1. The van der Waals surface area contributed by atoms with Crippen molar-refractivity contribution in [1.82, 2.24) is 0 Å². The fraction of sp³-hybridized carbons (Fsp3) is 0.143. The molecule has 0 aromatic heterocycles. The average molecular weight is 481 g/mol. The molecule has 5 aromatic rings. The van der Waals surface area contributed by atoms with Crippen LogP contribution in [0.3, 0.4) is 0 Å². The smallest absolute Gasteiger partial charge is 0.0586 e. The van der Waals surface area contributed by atoms with Gasteiger partial charge in [-0.2, -0.15) is 0 Å². The summed E-state index contributed by atoms with van der Waals surface area (Å²) < 4.78 is 0. The summed E-state index contributed by atoms with van der Waals surface area (Å²) in [5.74, 6) is 0.302. The van der Waals surface area contributed by atoms with E-state index in [0.29, 0.717) is 5.92 Å². The van der Waals surface area contributed by atoms with E-state index in [0.717, 1.165) is 5.70 Å². The number of hydrogen-bond acceptors (Lipinski definition) is 2. The number of nitrogens with one attached hydrogen (secondary N) is 1. The minimum Gasteiger partial charge on any atom is -0.355 e. The van der Waals surface area contributed by atoms with Crippen molar-refractivity contribution in [1.29, 1.82) is 0 Å². The van der Waals surface area contributed by atoms with Gasteiger partial charge in [0.2, 0.25) is 0 Å². The van der Waals surface area contributed by atoms with Crippen molar-refractivity contribution < 1.29 is 0 Å². The van der Waals surface area contributed by atoms with E-state index in [1.165, 1.54) is 49.7 Å². The van der Waals surface area contributed by atoms with Gasteiger partial charge >= 0.3 is 0 Å². The summed E-state index contributed by atoms with van der Waals surface area (Å²) in [6.45, 7) is 6.59. The van der Waals surface area contributed by atoms with E-state index in [-0.39, 0.29) is 6.04 Å². The van der Waals surface area contributed by atoms with Gasteiger partial charge in [-0.15, -0.1) is 0 Å². The molecule has 182 valence electrons. The van der Waals surface area contributed by atoms with E-state index in [9.17, 15) is 0 Å². The number of aryl methyl sites for hydroxylation is 2. The first kappa shape index (κ1) is 23.1. The molecule has 0 saturated heterocycles. The van der Waals surface area contributed by atoms with E-state index in [1.54, 1.807) is 0 Å². The molecule has 37 heavy (non-hydrogen) atoms. The van der Waals surface area contributed by atoms with Crippen LogP contribution in [-0.2, 0) is 0 Å². The van der Waals surface area contributed by atoms with E-state index in [4.69, 9.17) is 0 Å². The third-order valence-corrected chi connectivity index (χ3v) is 7.42. The minimum atomic E-state index is 0.209. The van der Waals surface area contributed by atoms with Gasteiger partial charge in [-0.25, -0.2) is 0 Å². The Morgan fingerprint density at radius 2 is 1.16 bits per heavy atom. The highest BCUT2D eigenvalue weighted by Gasteiger charge is 2.26. The zero-order valence-electron chi connectivity index (χ0n) is 21.6. The molecule has 0 heterocycles. The molecule has 0 bridgehead atoms. The van der Waals surface area contributed by atoms with Crippen LogP contribution >= 0.6 is 0 Å². The molecule has 1 aliphatic carbocycles. The van der Waals surface area contributed by atoms with Gasteiger partial charge in [0.15, 0.2) is 0 Å². The second-order valence-electron chi connectivity index (χ2n) is 10.2. The van der Waals surface area contributed by atoms with Crippen molar-refractivity contribution >= 4 is 38.6 Å². The molecule has 2 heteroatoms. The summed E-state index contributed by atoms with van der Waals surface area (Å²) in [6, 6.07) is 37.5. The number of rotatable bonds is 5. The van der Waals surface area contributed by atoms with Gasteiger partial charge in [0.1, 0.15) is 0 Å². The zero-order chi connectivity index (χ0) is 25.4. The van der Waals surface area contributed by atoms with Gasteiger partial charge < -0.3 is 10.2 Å². The van der Waals surface area contributed by atoms with Crippen LogP contribution in [0, 0.1) is 19.8 Å². The lowest BCUT2D eigenvalue weighted by Gasteiger charge is -2.37. The van der Waals surface area contributed by atoms with Crippen molar-refractivity contribution in [2.24, 2.45) is 5.92 Å². The maximum atomic E-state index is 3.81. The van der Waals surface area contributed by atoms with E-state index in [1.807, 2.05) is 0 Å². The van der Waals surface area contributed by atoms with Crippen LogP contribution in [0.2, 0.25) is 0 Å². The monoisotopic (exact) mass is 480 g/mol. The Morgan fingerprint density at radius 1 is 0.649 bits per heavy atom. The van der Waals surface area contributed by atoms with Crippen LogP contribution in [0.1, 0.15) is 18.1 Å². The molecule has 0 spiro atoms. The number of hydrogen-bond donors (Lipinski definition) is 1. The SMILES string of the molecule is Cc1ccc(N(c2ccc(C)cc2)C2C=CC(Nc3c4ccccc4cc4ccccc34)=CC2C)cc1. The van der Waals surface area contributed by atoms with Gasteiger partial charge in [-0.3, -0.25) is 0 Å². The number of anilines is 3. The van der Waals surface area contributed by atoms with Gasteiger partial charge in [-0.05, 0) is 61.0 Å². The Hall–Kier alpha value is -4.30. The Labute approximate surface area is 219 Å². The van der Waals surface area contributed by atoms with E-state index >= 15 is 0 Å². The first-order chi connectivity index (χ1) is 18.1. The average Bonchev–Trinajstić information content (AvgIpc) is 2.92. The number of fused-ring (bicyclic) bond motifs is 2. The van der Waals surface area contributed by atoms with E-state index < -0.39 is 0 Å². The maximum Gasteiger partial charge on any atom is 0.0586 e. The predicted molar refractivity (Wildman–Crippen MR) is 160 cm³/mol. The molecule has 6 rings (SSSR count). The number of allylic oxidation sites excluding steroid dienone is 1. The molecule has 0 amide bonds. The van der Waals surface area contributed by atoms with E-state index in [2.05, 4.69) is 152 Å². The highest BCUT2D eigenvalue weighted by molar-refractivity contribution is 6.11. The van der Waals surface area contributed by atoms with Crippen LogP contribution in [0.4, 0.5) is 17.1 Å². The topological polar surface area (TPSA) is 15.3 Å². The molecule has 2 atom stereocenters. The summed E-state index contributed by atoms with van der Waals surface area (Å²) in [5, 5.41) is 8.79. The van der Waals surface area contributed by atoms with Crippen LogP contribution in [-0.4, -0.2) is 6.04 Å². The molecular formula is C35H32N2. The fourth-order valence-electron chi connectivity index (χ4n) is 5.42. The van der Waals surface area contributed by atoms with Gasteiger partial charge in [0, 0.05) is 33.8 Å². The molecule has 0 aliphatic heterocycles. The third kappa shape index (κ3) is 4.51. The molecule has 0 radical (unpaired) electrons. The highest BCUT2D eigenvalue weighted by Crippen LogP contribution is 2.37. The molecule has 1 aliphatic rings. The first-order valence-electron chi connectivity index (χ1n) is 13.1. The molecule has 2 nitrogen and oxygen atoms in total. The Kier molecular flexibility index (Phi) is 6.02. The Balaban J connectivity index is 1.37. The zero-order valence-corrected chi connectivity index (χ0v) is 21.6. The maximum absolute atomic E-state index is 3.81. The van der Waals surface area contributed by atoms with Crippen molar-refractivity contribution in [3.63, 3.8) is 0 Å². The summed E-state index contributed by atoms with van der Waals surface area (Å²) in [6.07, 6.45) is 6.97. The summed E-state index contributed by atoms with van der Waals surface area (Å²) in [5.41, 5.74) is 7.27. The molecular weight excluding hydrogens is 448 g/mol. The Bertz CT molecular complexity index is 1530. The third-order valence-electron chi connectivity index (χ3n) is 7.42. The standard InChI is InChI=1S/C35H32N2/c1-24-12-17-30(18-13-24)37(31-19-14-25(2)15-20-31)34-21-16-29(22-26(34)3)36-35-32-10-6-4-8-27(32)23-28-9-5-7-11-33(28)35/h4-23,26,34,36H,1-3H3. The quantitative estimate of drug-likeness (QED) is 0.252. The first-order valence-corrected chi connectivity index (χ1v) is 13.1. The lowest BCUT2D eigenvalue weighted by Crippen LogP contribution is -2.36. The predicted octanol–water partition coefficient (Wildman–Crippen LogP) is 9.32. The Morgan fingerprint density at radius 3 is 1.68 bits per heavy atom. The minimum absolute atomic E-state index is 0.209.